The van der Waals surface area contributed by atoms with E-state index < -0.39 is 6.10 Å². The molecule has 0 aliphatic carbocycles. The molecule has 0 aliphatic heterocycles. The Morgan fingerprint density at radius 3 is 2.58 bits per heavy atom. The van der Waals surface area contributed by atoms with Crippen molar-refractivity contribution in [3.8, 4) is 0 Å². The Bertz CT molecular complexity index is 428. The quantitative estimate of drug-likeness (QED) is 0.689. The maximum absolute atomic E-state index is 12.0. The van der Waals surface area contributed by atoms with Crippen molar-refractivity contribution in [1.82, 2.24) is 5.32 Å². The van der Waals surface area contributed by atoms with E-state index in [-0.39, 0.29) is 18.4 Å². The monoisotopic (exact) mass is 264 g/mol. The molecule has 0 aliphatic rings. The second kappa shape index (κ2) is 7.14. The van der Waals surface area contributed by atoms with Gasteiger partial charge in [-0.1, -0.05) is 38.3 Å². The zero-order chi connectivity index (χ0) is 14.4. The predicted octanol–water partition coefficient (Wildman–Crippen LogP) is 2.10. The Balaban J connectivity index is 2.63. The highest BCUT2D eigenvalue weighted by molar-refractivity contribution is 5.99. The second-order valence-electron chi connectivity index (χ2n) is 4.94. The van der Waals surface area contributed by atoms with Gasteiger partial charge >= 0.3 is 0 Å². The van der Waals surface area contributed by atoms with Crippen molar-refractivity contribution in [2.75, 3.05) is 12.3 Å². The molecular formula is C15H24N2O2. The van der Waals surface area contributed by atoms with Crippen LogP contribution >= 0.6 is 0 Å². The van der Waals surface area contributed by atoms with Crippen molar-refractivity contribution in [3.63, 3.8) is 0 Å². The van der Waals surface area contributed by atoms with Crippen LogP contribution in [0, 0.1) is 12.8 Å². The molecule has 4 N–H and O–H groups in total. The Labute approximate surface area is 115 Å². The number of anilines is 1. The van der Waals surface area contributed by atoms with Crippen molar-refractivity contribution in [3.05, 3.63) is 29.3 Å². The fourth-order valence-electron chi connectivity index (χ4n) is 2.16. The molecule has 1 rings (SSSR count). The molecular weight excluding hydrogens is 240 g/mol. The van der Waals surface area contributed by atoms with Gasteiger partial charge in [0.15, 0.2) is 0 Å². The Morgan fingerprint density at radius 1 is 1.37 bits per heavy atom. The molecule has 0 spiro atoms. The van der Waals surface area contributed by atoms with E-state index in [2.05, 4.69) is 5.32 Å². The Morgan fingerprint density at radius 2 is 2.00 bits per heavy atom. The maximum Gasteiger partial charge on any atom is 0.253 e. The summed E-state index contributed by atoms with van der Waals surface area (Å²) in [6, 6.07) is 5.35. The van der Waals surface area contributed by atoms with Crippen LogP contribution in [0.1, 0.15) is 42.6 Å². The minimum atomic E-state index is -0.509. The van der Waals surface area contributed by atoms with Crippen LogP contribution < -0.4 is 11.1 Å². The van der Waals surface area contributed by atoms with E-state index >= 15 is 0 Å². The van der Waals surface area contributed by atoms with Crippen LogP contribution in [0.25, 0.3) is 0 Å². The zero-order valence-electron chi connectivity index (χ0n) is 11.9. The first kappa shape index (κ1) is 15.5. The van der Waals surface area contributed by atoms with Gasteiger partial charge in [-0.15, -0.1) is 0 Å². The van der Waals surface area contributed by atoms with Crippen LogP contribution in [0.2, 0.25) is 0 Å². The van der Waals surface area contributed by atoms with Gasteiger partial charge in [-0.05, 0) is 25.0 Å². The summed E-state index contributed by atoms with van der Waals surface area (Å²) in [6.45, 7) is 6.25. The number of hydrogen-bond acceptors (Lipinski definition) is 3. The van der Waals surface area contributed by atoms with Gasteiger partial charge in [-0.3, -0.25) is 4.79 Å². The minimum Gasteiger partial charge on any atom is -0.398 e. The lowest BCUT2D eigenvalue weighted by Gasteiger charge is -2.20. The average molecular weight is 264 g/mol. The largest absolute Gasteiger partial charge is 0.398 e. The fraction of sp³-hybridized carbons (Fsp3) is 0.533. The third-order valence-electron chi connectivity index (χ3n) is 3.52. The topological polar surface area (TPSA) is 75.3 Å². The molecule has 0 fully saturated rings. The summed E-state index contributed by atoms with van der Waals surface area (Å²) in [4.78, 5) is 12.0. The Hall–Kier alpha value is -1.55. The number of hydrogen-bond donors (Lipinski definition) is 3. The molecule has 0 heterocycles. The van der Waals surface area contributed by atoms with Crippen LogP contribution in [-0.2, 0) is 0 Å². The van der Waals surface area contributed by atoms with E-state index in [0.29, 0.717) is 11.3 Å². The predicted molar refractivity (Wildman–Crippen MR) is 78.0 cm³/mol. The number of benzene rings is 1. The summed E-state index contributed by atoms with van der Waals surface area (Å²) in [5, 5.41) is 12.7. The minimum absolute atomic E-state index is 0.218. The number of nitrogens with one attached hydrogen (secondary N) is 1. The van der Waals surface area contributed by atoms with E-state index in [1.807, 2.05) is 26.8 Å². The summed E-state index contributed by atoms with van der Waals surface area (Å²) in [5.41, 5.74) is 7.70. The van der Waals surface area contributed by atoms with E-state index in [0.717, 1.165) is 18.4 Å². The SMILES string of the molecule is CCC(CC)C(O)CNC(=O)c1cc(C)ccc1N. The standard InChI is InChI=1S/C15H24N2O2/c1-4-11(5-2)14(18)9-17-15(19)12-8-10(3)6-7-13(12)16/h6-8,11,14,18H,4-5,9,16H2,1-3H3,(H,17,19). The van der Waals surface area contributed by atoms with Gasteiger partial charge in [0.2, 0.25) is 0 Å². The number of aliphatic hydroxyl groups excluding tert-OH is 1. The first-order valence-electron chi connectivity index (χ1n) is 6.81. The van der Waals surface area contributed by atoms with Crippen molar-refractivity contribution in [2.24, 2.45) is 5.92 Å². The molecule has 0 aromatic heterocycles. The molecule has 0 saturated carbocycles. The van der Waals surface area contributed by atoms with Gasteiger partial charge in [0.25, 0.3) is 5.91 Å². The molecule has 0 bridgehead atoms. The van der Waals surface area contributed by atoms with Crippen molar-refractivity contribution < 1.29 is 9.90 Å². The molecule has 106 valence electrons. The van der Waals surface area contributed by atoms with Crippen LogP contribution in [0.3, 0.4) is 0 Å². The lowest BCUT2D eigenvalue weighted by Crippen LogP contribution is -2.36. The highest BCUT2D eigenvalue weighted by Gasteiger charge is 2.17. The highest BCUT2D eigenvalue weighted by atomic mass is 16.3. The summed E-state index contributed by atoms with van der Waals surface area (Å²) in [6.07, 6.45) is 1.30. The molecule has 4 heteroatoms. The summed E-state index contributed by atoms with van der Waals surface area (Å²) < 4.78 is 0. The summed E-state index contributed by atoms with van der Waals surface area (Å²) >= 11 is 0. The van der Waals surface area contributed by atoms with Gasteiger partial charge in [0, 0.05) is 12.2 Å². The first-order chi connectivity index (χ1) is 8.99. The molecule has 1 amide bonds. The molecule has 1 aromatic carbocycles. The Kier molecular flexibility index (Phi) is 5.83. The fourth-order valence-corrected chi connectivity index (χ4v) is 2.16. The molecule has 1 atom stereocenters. The molecule has 4 nitrogen and oxygen atoms in total. The third kappa shape index (κ3) is 4.24. The number of carbonyl (C=O) groups excluding carboxylic acids is 1. The first-order valence-corrected chi connectivity index (χ1v) is 6.81. The lowest BCUT2D eigenvalue weighted by atomic mass is 9.96. The van der Waals surface area contributed by atoms with Gasteiger partial charge in [0.05, 0.1) is 11.7 Å². The smallest absolute Gasteiger partial charge is 0.253 e. The number of amides is 1. The van der Waals surface area contributed by atoms with Crippen molar-refractivity contribution in [1.29, 1.82) is 0 Å². The summed E-state index contributed by atoms with van der Waals surface area (Å²) in [5.74, 6) is -0.0126. The zero-order valence-corrected chi connectivity index (χ0v) is 11.9. The second-order valence-corrected chi connectivity index (χ2v) is 4.94. The number of nitrogen functional groups attached to an aromatic ring is 1. The van der Waals surface area contributed by atoms with Crippen LogP contribution in [0.15, 0.2) is 18.2 Å². The number of carbonyl (C=O) groups is 1. The highest BCUT2D eigenvalue weighted by Crippen LogP contribution is 2.15. The molecule has 1 unspecified atom stereocenters. The number of rotatable bonds is 6. The molecule has 0 saturated heterocycles. The van der Waals surface area contributed by atoms with Gasteiger partial charge in [-0.2, -0.15) is 0 Å². The lowest BCUT2D eigenvalue weighted by molar-refractivity contribution is 0.0817. The molecule has 0 radical (unpaired) electrons. The van der Waals surface area contributed by atoms with Gasteiger partial charge in [-0.25, -0.2) is 0 Å². The number of aryl methyl sites for hydroxylation is 1. The molecule has 1 aromatic rings. The van der Waals surface area contributed by atoms with E-state index in [4.69, 9.17) is 5.73 Å². The van der Waals surface area contributed by atoms with Crippen LogP contribution in [0.4, 0.5) is 5.69 Å². The van der Waals surface area contributed by atoms with Crippen molar-refractivity contribution >= 4 is 11.6 Å². The van der Waals surface area contributed by atoms with Gasteiger partial charge in [0.1, 0.15) is 0 Å². The van der Waals surface area contributed by atoms with E-state index in [9.17, 15) is 9.90 Å². The van der Waals surface area contributed by atoms with Crippen molar-refractivity contribution in [2.45, 2.75) is 39.7 Å². The average Bonchev–Trinajstić information content (AvgIpc) is 2.40. The van der Waals surface area contributed by atoms with E-state index in [1.54, 1.807) is 12.1 Å². The number of nitrogens with two attached hydrogens (primary N) is 1. The van der Waals surface area contributed by atoms with E-state index in [1.165, 1.54) is 0 Å². The van der Waals surface area contributed by atoms with Crippen LogP contribution in [0.5, 0.6) is 0 Å². The molecule has 19 heavy (non-hydrogen) atoms. The van der Waals surface area contributed by atoms with Gasteiger partial charge < -0.3 is 16.2 Å². The third-order valence-corrected chi connectivity index (χ3v) is 3.52. The van der Waals surface area contributed by atoms with Crippen LogP contribution in [-0.4, -0.2) is 23.7 Å². The normalized spacial score (nSPS) is 12.5. The summed E-state index contributed by atoms with van der Waals surface area (Å²) in [7, 11) is 0. The maximum atomic E-state index is 12.0. The number of aliphatic hydroxyl groups is 1.